The smallest absolute Gasteiger partial charge is 0.261 e. The first-order chi connectivity index (χ1) is 13.4. The van der Waals surface area contributed by atoms with Gasteiger partial charge in [0, 0.05) is 24.0 Å². The predicted molar refractivity (Wildman–Crippen MR) is 100 cm³/mol. The number of ether oxygens (including phenoxy) is 3. The molecule has 1 aromatic heterocycles. The predicted octanol–water partition coefficient (Wildman–Crippen LogP) is 2.65. The Kier molecular flexibility index (Phi) is 5.08. The maximum atomic E-state index is 13.5. The molecule has 8 nitrogen and oxygen atoms in total. The summed E-state index contributed by atoms with van der Waals surface area (Å²) >= 11 is 0. The van der Waals surface area contributed by atoms with Crippen LogP contribution in [0.25, 0.3) is 10.9 Å². The molecule has 0 aliphatic heterocycles. The van der Waals surface area contributed by atoms with E-state index >= 15 is 0 Å². The Balaban J connectivity index is 2.12. The molecule has 2 aromatic carbocycles. The van der Waals surface area contributed by atoms with Crippen LogP contribution in [0.5, 0.6) is 23.0 Å². The van der Waals surface area contributed by atoms with Crippen LogP contribution < -0.4 is 25.0 Å². The van der Waals surface area contributed by atoms with Crippen LogP contribution in [-0.2, 0) is 0 Å². The van der Waals surface area contributed by atoms with E-state index in [1.165, 1.54) is 33.6 Å². The Hall–Kier alpha value is -3.75. The summed E-state index contributed by atoms with van der Waals surface area (Å²) in [7, 11) is 4.21. The minimum absolute atomic E-state index is 0.0825. The van der Waals surface area contributed by atoms with Crippen molar-refractivity contribution in [3.63, 3.8) is 0 Å². The van der Waals surface area contributed by atoms with Gasteiger partial charge in [-0.05, 0) is 12.1 Å². The Morgan fingerprint density at radius 2 is 1.82 bits per heavy atom. The normalized spacial score (nSPS) is 10.6. The highest BCUT2D eigenvalue weighted by molar-refractivity contribution is 6.06. The van der Waals surface area contributed by atoms with Crippen molar-refractivity contribution >= 4 is 22.5 Å². The van der Waals surface area contributed by atoms with Crippen LogP contribution in [0.4, 0.5) is 10.1 Å². The molecule has 1 amide bonds. The summed E-state index contributed by atoms with van der Waals surface area (Å²) < 4.78 is 29.3. The zero-order chi connectivity index (χ0) is 20.4. The number of phenolic OH excluding ortho intramolecular Hbond substituents is 1. The number of nitrogens with one attached hydrogen (secondary N) is 2. The summed E-state index contributed by atoms with van der Waals surface area (Å²) in [6.07, 6.45) is 1.24. The molecule has 3 N–H and O–H groups in total. The van der Waals surface area contributed by atoms with Crippen molar-refractivity contribution in [3.8, 4) is 23.0 Å². The monoisotopic (exact) mass is 388 g/mol. The Morgan fingerprint density at radius 3 is 2.43 bits per heavy atom. The summed E-state index contributed by atoms with van der Waals surface area (Å²) in [5, 5.41) is 11.7. The van der Waals surface area contributed by atoms with Crippen LogP contribution in [0.1, 0.15) is 10.4 Å². The minimum atomic E-state index is -0.899. The van der Waals surface area contributed by atoms with E-state index in [-0.39, 0.29) is 28.1 Å². The Bertz CT molecular complexity index is 1130. The van der Waals surface area contributed by atoms with E-state index in [1.54, 1.807) is 6.07 Å². The quantitative estimate of drug-likeness (QED) is 0.580. The topological polar surface area (TPSA) is 110 Å². The van der Waals surface area contributed by atoms with Gasteiger partial charge in [-0.15, -0.1) is 0 Å². The number of carbonyl (C=O) groups is 1. The highest BCUT2D eigenvalue weighted by Gasteiger charge is 2.22. The molecule has 0 atom stereocenters. The average Bonchev–Trinajstić information content (AvgIpc) is 2.69. The Labute approximate surface area is 158 Å². The summed E-state index contributed by atoms with van der Waals surface area (Å²) in [5.74, 6) is -1.54. The lowest BCUT2D eigenvalue weighted by molar-refractivity contribution is 0.102. The number of fused-ring (bicyclic) bond motifs is 1. The Morgan fingerprint density at radius 1 is 1.11 bits per heavy atom. The summed E-state index contributed by atoms with van der Waals surface area (Å²) in [4.78, 5) is 28.4. The van der Waals surface area contributed by atoms with E-state index in [4.69, 9.17) is 14.2 Å². The largest absolute Gasteiger partial charge is 0.505 e. The molecule has 0 saturated heterocycles. The van der Waals surface area contributed by atoms with E-state index in [2.05, 4.69) is 10.3 Å². The van der Waals surface area contributed by atoms with Crippen molar-refractivity contribution in [1.82, 2.24) is 4.98 Å². The summed E-state index contributed by atoms with van der Waals surface area (Å²) in [6.45, 7) is 0. The van der Waals surface area contributed by atoms with Crippen LogP contribution in [-0.4, -0.2) is 37.3 Å². The van der Waals surface area contributed by atoms with Crippen molar-refractivity contribution in [3.05, 3.63) is 52.1 Å². The molecule has 0 unspecified atom stereocenters. The van der Waals surface area contributed by atoms with Gasteiger partial charge in [-0.2, -0.15) is 0 Å². The third-order valence-electron chi connectivity index (χ3n) is 4.12. The molecular weight excluding hydrogens is 371 g/mol. The molecular formula is C19H17FN2O6. The molecule has 0 radical (unpaired) electrons. The van der Waals surface area contributed by atoms with Gasteiger partial charge in [0.25, 0.3) is 5.91 Å². The number of carbonyl (C=O) groups excluding carboxylic acids is 1. The second-order valence-electron chi connectivity index (χ2n) is 5.72. The number of anilines is 1. The number of aromatic amines is 1. The fourth-order valence-electron chi connectivity index (χ4n) is 2.80. The molecule has 0 bridgehead atoms. The fraction of sp³-hybridized carbons (Fsp3) is 0.158. The maximum absolute atomic E-state index is 13.5. The van der Waals surface area contributed by atoms with Crippen LogP contribution in [0.2, 0.25) is 0 Å². The van der Waals surface area contributed by atoms with Gasteiger partial charge in [0.05, 0.1) is 32.2 Å². The average molecular weight is 388 g/mol. The van der Waals surface area contributed by atoms with E-state index in [0.29, 0.717) is 11.3 Å². The van der Waals surface area contributed by atoms with Crippen LogP contribution in [0.15, 0.2) is 35.3 Å². The van der Waals surface area contributed by atoms with Gasteiger partial charge < -0.3 is 29.6 Å². The second-order valence-corrected chi connectivity index (χ2v) is 5.72. The third kappa shape index (κ3) is 3.18. The third-order valence-corrected chi connectivity index (χ3v) is 4.12. The van der Waals surface area contributed by atoms with Gasteiger partial charge in [0.15, 0.2) is 23.1 Å². The standard InChI is InChI=1S/C19H17FN2O6/c1-26-14-7-12-15(18(28-3)17(14)27-2)16(24)10(8-21-12)19(25)22-9-4-5-13(23)11(20)6-9/h4-8,23H,1-3H3,(H,21,24)(H,22,25). The van der Waals surface area contributed by atoms with Gasteiger partial charge in [0.2, 0.25) is 11.2 Å². The number of amides is 1. The molecule has 0 saturated carbocycles. The van der Waals surface area contributed by atoms with Gasteiger partial charge in [-0.25, -0.2) is 4.39 Å². The maximum Gasteiger partial charge on any atom is 0.261 e. The molecule has 3 aromatic rings. The second kappa shape index (κ2) is 7.47. The van der Waals surface area contributed by atoms with Crippen LogP contribution >= 0.6 is 0 Å². The molecule has 0 fully saturated rings. The first kappa shape index (κ1) is 19.0. The zero-order valence-corrected chi connectivity index (χ0v) is 15.3. The van der Waals surface area contributed by atoms with Gasteiger partial charge in [0.1, 0.15) is 5.56 Å². The number of hydrogen-bond acceptors (Lipinski definition) is 6. The first-order valence-electron chi connectivity index (χ1n) is 8.05. The number of pyridine rings is 1. The number of rotatable bonds is 5. The van der Waals surface area contributed by atoms with Crippen molar-refractivity contribution in [2.24, 2.45) is 0 Å². The van der Waals surface area contributed by atoms with Crippen LogP contribution in [0.3, 0.4) is 0 Å². The summed E-state index contributed by atoms with van der Waals surface area (Å²) in [6, 6.07) is 4.89. The van der Waals surface area contributed by atoms with E-state index in [1.807, 2.05) is 0 Å². The highest BCUT2D eigenvalue weighted by atomic mass is 19.1. The van der Waals surface area contributed by atoms with E-state index in [9.17, 15) is 19.1 Å². The molecule has 1 heterocycles. The number of halogens is 1. The molecule has 3 rings (SSSR count). The molecule has 0 spiro atoms. The number of aromatic hydroxyl groups is 1. The van der Waals surface area contributed by atoms with E-state index in [0.717, 1.165) is 12.1 Å². The van der Waals surface area contributed by atoms with Gasteiger partial charge in [-0.3, -0.25) is 9.59 Å². The number of phenols is 1. The minimum Gasteiger partial charge on any atom is -0.505 e. The van der Waals surface area contributed by atoms with Crippen molar-refractivity contribution in [2.75, 3.05) is 26.6 Å². The number of benzene rings is 2. The SMILES string of the molecule is COc1cc2[nH]cc(C(=O)Nc3ccc(O)c(F)c3)c(=O)c2c(OC)c1OC. The molecule has 9 heteroatoms. The molecule has 146 valence electrons. The van der Waals surface area contributed by atoms with Crippen molar-refractivity contribution in [2.45, 2.75) is 0 Å². The van der Waals surface area contributed by atoms with Crippen LogP contribution in [0, 0.1) is 5.82 Å². The lowest BCUT2D eigenvalue weighted by atomic mass is 10.1. The number of methoxy groups -OCH3 is 3. The summed E-state index contributed by atoms with van der Waals surface area (Å²) in [5.41, 5.74) is -0.361. The number of H-pyrrole nitrogens is 1. The molecule has 0 aliphatic carbocycles. The van der Waals surface area contributed by atoms with Gasteiger partial charge in [-0.1, -0.05) is 0 Å². The van der Waals surface area contributed by atoms with E-state index < -0.39 is 22.9 Å². The molecule has 0 aliphatic rings. The highest BCUT2D eigenvalue weighted by Crippen LogP contribution is 2.41. The van der Waals surface area contributed by atoms with Crippen molar-refractivity contribution in [1.29, 1.82) is 0 Å². The number of hydrogen-bond donors (Lipinski definition) is 3. The first-order valence-corrected chi connectivity index (χ1v) is 8.05. The number of aromatic nitrogens is 1. The zero-order valence-electron chi connectivity index (χ0n) is 15.3. The lowest BCUT2D eigenvalue weighted by Gasteiger charge is -2.15. The van der Waals surface area contributed by atoms with Gasteiger partial charge >= 0.3 is 0 Å². The fourth-order valence-corrected chi connectivity index (χ4v) is 2.80. The van der Waals surface area contributed by atoms with Crippen molar-refractivity contribution < 1.29 is 28.5 Å². The lowest BCUT2D eigenvalue weighted by Crippen LogP contribution is -2.22. The molecule has 28 heavy (non-hydrogen) atoms.